The van der Waals surface area contributed by atoms with Gasteiger partial charge in [0, 0.05) is 23.5 Å². The maximum Gasteiger partial charge on any atom is 0.226 e. The molecule has 1 aliphatic heterocycles. The average Bonchev–Trinajstić information content (AvgIpc) is 3.47. The van der Waals surface area contributed by atoms with Crippen molar-refractivity contribution in [2.45, 2.75) is 25.9 Å². The number of hydrogen-bond donors (Lipinski definition) is 1. The molecule has 1 amide bonds. The second kappa shape index (κ2) is 8.32. The Hall–Kier alpha value is -4.60. The third kappa shape index (κ3) is 3.78. The van der Waals surface area contributed by atoms with Crippen LogP contribution in [0.4, 0.5) is 10.2 Å². The van der Waals surface area contributed by atoms with Crippen molar-refractivity contribution in [1.82, 2.24) is 29.6 Å². The molecule has 0 spiro atoms. The fourth-order valence-electron chi connectivity index (χ4n) is 4.43. The number of anilines is 1. The summed E-state index contributed by atoms with van der Waals surface area (Å²) in [4.78, 5) is 12.7. The first kappa shape index (κ1) is 21.0. The van der Waals surface area contributed by atoms with E-state index >= 15 is 0 Å². The minimum absolute atomic E-state index is 0.112. The number of ether oxygens (including phenoxy) is 1. The van der Waals surface area contributed by atoms with Crippen LogP contribution in [-0.2, 0) is 11.4 Å². The molecule has 3 aromatic heterocycles. The van der Waals surface area contributed by atoms with Gasteiger partial charge in [0.15, 0.2) is 11.5 Å². The van der Waals surface area contributed by atoms with Crippen LogP contribution in [0.1, 0.15) is 34.7 Å². The minimum Gasteiger partial charge on any atom is -0.489 e. The quantitative estimate of drug-likeness (QED) is 0.420. The van der Waals surface area contributed by atoms with Crippen LogP contribution in [0.5, 0.6) is 5.75 Å². The lowest BCUT2D eigenvalue weighted by atomic mass is 9.86. The largest absolute Gasteiger partial charge is 0.489 e. The second-order valence-corrected chi connectivity index (χ2v) is 8.34. The van der Waals surface area contributed by atoms with Gasteiger partial charge in [-0.1, -0.05) is 30.3 Å². The molecule has 1 aliphatic rings. The fraction of sp³-hybridized carbons (Fsp3) is 0.160. The van der Waals surface area contributed by atoms with Crippen LogP contribution < -0.4 is 10.1 Å². The molecule has 4 heterocycles. The lowest BCUT2D eigenvalue weighted by Gasteiger charge is -2.24. The van der Waals surface area contributed by atoms with Crippen molar-refractivity contribution in [3.63, 3.8) is 0 Å². The van der Waals surface area contributed by atoms with E-state index in [4.69, 9.17) is 4.74 Å². The third-order valence-corrected chi connectivity index (χ3v) is 6.08. The number of nitrogens with zero attached hydrogens (tertiary/aromatic N) is 6. The van der Waals surface area contributed by atoms with Crippen LogP contribution in [0.15, 0.2) is 67.0 Å². The molecule has 0 fully saturated rings. The summed E-state index contributed by atoms with van der Waals surface area (Å²) in [5.74, 6) is 1.07. The van der Waals surface area contributed by atoms with Gasteiger partial charge >= 0.3 is 0 Å². The molecule has 0 saturated heterocycles. The van der Waals surface area contributed by atoms with Gasteiger partial charge in [-0.25, -0.2) is 4.39 Å². The third-order valence-electron chi connectivity index (χ3n) is 6.08. The second-order valence-electron chi connectivity index (χ2n) is 8.34. The number of rotatable bonds is 5. The molecular weight excluding hydrogens is 449 g/mol. The summed E-state index contributed by atoms with van der Waals surface area (Å²) in [5.41, 5.74) is 3.71. The van der Waals surface area contributed by atoms with E-state index in [-0.39, 0.29) is 30.7 Å². The summed E-state index contributed by atoms with van der Waals surface area (Å²) in [5, 5.41) is 20.0. The number of benzene rings is 2. The SMILES string of the molecule is Cc1nn(-c2ccc3nncn3n2)c2c1C(c1cccc(OCc3ccccc3F)c1)CC(=O)N2. The molecule has 0 saturated carbocycles. The molecule has 0 radical (unpaired) electrons. The zero-order chi connectivity index (χ0) is 23.9. The normalized spacial score (nSPS) is 15.1. The Balaban J connectivity index is 1.35. The smallest absolute Gasteiger partial charge is 0.226 e. The van der Waals surface area contributed by atoms with Gasteiger partial charge in [-0.3, -0.25) is 4.79 Å². The van der Waals surface area contributed by atoms with Crippen LogP contribution in [0.2, 0.25) is 0 Å². The number of carbonyl (C=O) groups excluding carboxylic acids is 1. The lowest BCUT2D eigenvalue weighted by molar-refractivity contribution is -0.116. The van der Waals surface area contributed by atoms with Crippen molar-refractivity contribution in [2.75, 3.05) is 5.32 Å². The molecule has 1 N–H and O–H groups in total. The van der Waals surface area contributed by atoms with Crippen LogP contribution in [0, 0.1) is 12.7 Å². The predicted molar refractivity (Wildman–Crippen MR) is 125 cm³/mol. The Kier molecular flexibility index (Phi) is 4.98. The molecular formula is C25H20FN7O2. The summed E-state index contributed by atoms with van der Waals surface area (Å²) in [6, 6.07) is 17.6. The Labute approximate surface area is 199 Å². The number of halogens is 1. The number of carbonyl (C=O) groups is 1. The Morgan fingerprint density at radius 1 is 1.11 bits per heavy atom. The highest BCUT2D eigenvalue weighted by Crippen LogP contribution is 2.40. The monoisotopic (exact) mass is 469 g/mol. The Morgan fingerprint density at radius 3 is 2.89 bits per heavy atom. The highest BCUT2D eigenvalue weighted by atomic mass is 19.1. The topological polar surface area (TPSA) is 99.2 Å². The Morgan fingerprint density at radius 2 is 2.00 bits per heavy atom. The molecule has 35 heavy (non-hydrogen) atoms. The first-order chi connectivity index (χ1) is 17.1. The summed E-state index contributed by atoms with van der Waals surface area (Å²) >= 11 is 0. The molecule has 2 aromatic carbocycles. The van der Waals surface area contributed by atoms with E-state index in [0.717, 1.165) is 16.8 Å². The Bertz CT molecular complexity index is 1580. The number of hydrogen-bond acceptors (Lipinski definition) is 6. The van der Waals surface area contributed by atoms with Gasteiger partial charge in [0.05, 0.1) is 5.69 Å². The van der Waals surface area contributed by atoms with E-state index in [0.29, 0.717) is 28.6 Å². The van der Waals surface area contributed by atoms with Gasteiger partial charge in [-0.2, -0.15) is 14.3 Å². The van der Waals surface area contributed by atoms with Crippen LogP contribution in [0.3, 0.4) is 0 Å². The van der Waals surface area contributed by atoms with Crippen molar-refractivity contribution in [1.29, 1.82) is 0 Å². The van der Waals surface area contributed by atoms with Crippen molar-refractivity contribution in [3.8, 4) is 11.6 Å². The predicted octanol–water partition coefficient (Wildman–Crippen LogP) is 3.81. The van der Waals surface area contributed by atoms with E-state index in [1.807, 2.05) is 31.2 Å². The summed E-state index contributed by atoms with van der Waals surface area (Å²) in [6.45, 7) is 2.02. The number of aromatic nitrogens is 6. The number of aryl methyl sites for hydroxylation is 1. The number of fused-ring (bicyclic) bond motifs is 2. The van der Waals surface area contributed by atoms with E-state index in [1.54, 1.807) is 39.5 Å². The maximum absolute atomic E-state index is 14.0. The molecule has 174 valence electrons. The van der Waals surface area contributed by atoms with Crippen LogP contribution in [-0.4, -0.2) is 35.5 Å². The molecule has 5 aromatic rings. The van der Waals surface area contributed by atoms with Crippen LogP contribution in [0.25, 0.3) is 11.5 Å². The van der Waals surface area contributed by atoms with Gasteiger partial charge in [0.25, 0.3) is 0 Å². The molecule has 0 aliphatic carbocycles. The highest BCUT2D eigenvalue weighted by Gasteiger charge is 2.33. The summed E-state index contributed by atoms with van der Waals surface area (Å²) in [6.07, 6.45) is 1.78. The summed E-state index contributed by atoms with van der Waals surface area (Å²) in [7, 11) is 0. The van der Waals surface area contributed by atoms with E-state index in [1.165, 1.54) is 12.4 Å². The van der Waals surface area contributed by atoms with Gasteiger partial charge < -0.3 is 10.1 Å². The van der Waals surface area contributed by atoms with Gasteiger partial charge in [-0.05, 0) is 42.8 Å². The fourth-order valence-corrected chi connectivity index (χ4v) is 4.43. The average molecular weight is 469 g/mol. The molecule has 10 heteroatoms. The van der Waals surface area contributed by atoms with E-state index in [9.17, 15) is 9.18 Å². The first-order valence-corrected chi connectivity index (χ1v) is 11.1. The van der Waals surface area contributed by atoms with E-state index in [2.05, 4.69) is 25.7 Å². The van der Waals surface area contributed by atoms with Crippen molar-refractivity contribution in [3.05, 3.63) is 95.2 Å². The highest BCUT2D eigenvalue weighted by molar-refractivity contribution is 5.95. The lowest BCUT2D eigenvalue weighted by Crippen LogP contribution is -2.25. The zero-order valence-electron chi connectivity index (χ0n) is 18.7. The molecule has 1 atom stereocenters. The zero-order valence-corrected chi connectivity index (χ0v) is 18.7. The van der Waals surface area contributed by atoms with Crippen molar-refractivity contribution >= 4 is 17.4 Å². The molecule has 1 unspecified atom stereocenters. The molecule has 0 bridgehead atoms. The van der Waals surface area contributed by atoms with Gasteiger partial charge in [0.2, 0.25) is 5.91 Å². The minimum atomic E-state index is -0.307. The summed E-state index contributed by atoms with van der Waals surface area (Å²) < 4.78 is 23.0. The maximum atomic E-state index is 14.0. The van der Waals surface area contributed by atoms with Crippen LogP contribution >= 0.6 is 0 Å². The van der Waals surface area contributed by atoms with Crippen molar-refractivity contribution < 1.29 is 13.9 Å². The molecule has 9 nitrogen and oxygen atoms in total. The van der Waals surface area contributed by atoms with Gasteiger partial charge in [0.1, 0.15) is 30.3 Å². The van der Waals surface area contributed by atoms with Crippen molar-refractivity contribution in [2.24, 2.45) is 0 Å². The first-order valence-electron chi connectivity index (χ1n) is 11.1. The van der Waals surface area contributed by atoms with E-state index < -0.39 is 0 Å². The van der Waals surface area contributed by atoms with Gasteiger partial charge in [-0.15, -0.1) is 15.3 Å². The standard InChI is InChI=1S/C25H20FN7O2/c1-15-24-19(16-6-4-7-18(11-16)35-13-17-5-2-3-8-20(17)26)12-23(34)28-25(24)33(30-15)22-10-9-21-29-27-14-32(21)31-22/h2-11,14,19H,12-13H2,1H3,(H,28,34). The molecule has 6 rings (SSSR count). The number of nitrogens with one attached hydrogen (secondary N) is 1. The number of amides is 1.